The van der Waals surface area contributed by atoms with Gasteiger partial charge in [-0.2, -0.15) is 0 Å². The molecule has 3 unspecified atom stereocenters. The third kappa shape index (κ3) is 2.88. The number of pyridine rings is 1. The zero-order valence-corrected chi connectivity index (χ0v) is 13.9. The van der Waals surface area contributed by atoms with E-state index in [0.717, 1.165) is 24.8 Å². The van der Waals surface area contributed by atoms with Crippen LogP contribution in [0.2, 0.25) is 0 Å². The van der Waals surface area contributed by atoms with Gasteiger partial charge in [-0.05, 0) is 38.3 Å². The Bertz CT molecular complexity index is 538. The summed E-state index contributed by atoms with van der Waals surface area (Å²) in [7, 11) is 0. The average molecular weight is 318 g/mol. The first-order valence-electron chi connectivity index (χ1n) is 8.57. The molecule has 1 amide bonds. The molecule has 0 aromatic carbocycles. The summed E-state index contributed by atoms with van der Waals surface area (Å²) in [5, 5.41) is 10.2. The summed E-state index contributed by atoms with van der Waals surface area (Å²) < 4.78 is 5.78. The molecule has 23 heavy (non-hydrogen) atoms. The minimum atomic E-state index is -0.285. The van der Waals surface area contributed by atoms with Crippen molar-refractivity contribution in [3.05, 3.63) is 30.1 Å². The SMILES string of the molecule is CCOC1CC(O)C12CCN(C(=O)C(C)c1cccnc1)CC2. The van der Waals surface area contributed by atoms with Crippen molar-refractivity contribution in [1.29, 1.82) is 0 Å². The van der Waals surface area contributed by atoms with Crippen LogP contribution in [0.1, 0.15) is 44.6 Å². The molecule has 1 aromatic heterocycles. The lowest BCUT2D eigenvalue weighted by Gasteiger charge is -2.56. The molecule has 1 aliphatic heterocycles. The quantitative estimate of drug-likeness (QED) is 0.922. The molecule has 2 aliphatic rings. The fourth-order valence-electron chi connectivity index (χ4n) is 4.01. The van der Waals surface area contributed by atoms with Crippen LogP contribution in [0.15, 0.2) is 24.5 Å². The highest BCUT2D eigenvalue weighted by Crippen LogP contribution is 2.51. The molecule has 126 valence electrons. The number of piperidine rings is 1. The maximum atomic E-state index is 12.7. The molecule has 3 atom stereocenters. The fraction of sp³-hybridized carbons (Fsp3) is 0.667. The van der Waals surface area contributed by atoms with Gasteiger partial charge in [0.1, 0.15) is 0 Å². The second-order valence-corrected chi connectivity index (χ2v) is 6.76. The molecule has 3 rings (SSSR count). The van der Waals surface area contributed by atoms with Gasteiger partial charge in [0.2, 0.25) is 5.91 Å². The van der Waals surface area contributed by atoms with E-state index in [2.05, 4.69) is 4.98 Å². The fourth-order valence-corrected chi connectivity index (χ4v) is 4.01. The monoisotopic (exact) mass is 318 g/mol. The number of nitrogens with zero attached hydrogens (tertiary/aromatic N) is 2. The molecule has 1 saturated heterocycles. The van der Waals surface area contributed by atoms with Gasteiger partial charge in [0.25, 0.3) is 0 Å². The van der Waals surface area contributed by atoms with Crippen LogP contribution in [-0.4, -0.2) is 52.8 Å². The maximum Gasteiger partial charge on any atom is 0.229 e. The largest absolute Gasteiger partial charge is 0.392 e. The molecular weight excluding hydrogens is 292 g/mol. The van der Waals surface area contributed by atoms with E-state index in [-0.39, 0.29) is 29.4 Å². The first kappa shape index (κ1) is 16.4. The van der Waals surface area contributed by atoms with Gasteiger partial charge in [-0.15, -0.1) is 0 Å². The predicted octanol–water partition coefficient (Wildman–Crippen LogP) is 1.96. The molecule has 0 radical (unpaired) electrons. The van der Waals surface area contributed by atoms with Crippen LogP contribution < -0.4 is 0 Å². The lowest BCUT2D eigenvalue weighted by atomic mass is 9.58. The number of aliphatic hydroxyl groups is 1. The Morgan fingerprint density at radius 2 is 2.26 bits per heavy atom. The normalized spacial score (nSPS) is 27.5. The van der Waals surface area contributed by atoms with E-state index in [0.29, 0.717) is 19.7 Å². The Hall–Kier alpha value is -1.46. The van der Waals surface area contributed by atoms with Crippen molar-refractivity contribution in [2.24, 2.45) is 5.41 Å². The minimum Gasteiger partial charge on any atom is -0.392 e. The average Bonchev–Trinajstić information content (AvgIpc) is 2.61. The Morgan fingerprint density at radius 3 is 2.83 bits per heavy atom. The van der Waals surface area contributed by atoms with Crippen molar-refractivity contribution < 1.29 is 14.6 Å². The Balaban J connectivity index is 1.61. The van der Waals surface area contributed by atoms with E-state index in [1.54, 1.807) is 12.4 Å². The van der Waals surface area contributed by atoms with Crippen LogP contribution in [-0.2, 0) is 9.53 Å². The van der Waals surface area contributed by atoms with Gasteiger partial charge in [-0.1, -0.05) is 6.07 Å². The molecule has 1 saturated carbocycles. The summed E-state index contributed by atoms with van der Waals surface area (Å²) in [5.41, 5.74) is 0.818. The van der Waals surface area contributed by atoms with E-state index < -0.39 is 0 Å². The van der Waals surface area contributed by atoms with Crippen molar-refractivity contribution in [3.63, 3.8) is 0 Å². The molecule has 2 fully saturated rings. The number of rotatable bonds is 4. The van der Waals surface area contributed by atoms with Crippen LogP contribution in [0.5, 0.6) is 0 Å². The van der Waals surface area contributed by atoms with Gasteiger partial charge >= 0.3 is 0 Å². The predicted molar refractivity (Wildman–Crippen MR) is 86.9 cm³/mol. The van der Waals surface area contributed by atoms with Crippen LogP contribution in [0.3, 0.4) is 0 Å². The first-order chi connectivity index (χ1) is 11.1. The van der Waals surface area contributed by atoms with Crippen LogP contribution in [0.25, 0.3) is 0 Å². The highest BCUT2D eigenvalue weighted by Gasteiger charge is 2.56. The molecule has 1 N–H and O–H groups in total. The molecule has 1 aromatic rings. The maximum absolute atomic E-state index is 12.7. The van der Waals surface area contributed by atoms with Gasteiger partial charge in [-0.25, -0.2) is 0 Å². The summed E-state index contributed by atoms with van der Waals surface area (Å²) in [6.07, 6.45) is 5.72. The lowest BCUT2D eigenvalue weighted by molar-refractivity contribution is -0.210. The third-order valence-electron chi connectivity index (χ3n) is 5.67. The molecule has 1 spiro atoms. The zero-order chi connectivity index (χ0) is 16.4. The Kier molecular flexibility index (Phi) is 4.69. The Morgan fingerprint density at radius 1 is 1.52 bits per heavy atom. The van der Waals surface area contributed by atoms with Crippen LogP contribution >= 0.6 is 0 Å². The standard InChI is InChI=1S/C18H26N2O3/c1-3-23-16-11-15(21)18(16)6-9-20(10-7-18)17(22)13(2)14-5-4-8-19-12-14/h4-5,8,12-13,15-16,21H,3,6-7,9-11H2,1-2H3. The van der Waals surface area contributed by atoms with E-state index in [1.165, 1.54) is 0 Å². The van der Waals surface area contributed by atoms with Crippen molar-refractivity contribution >= 4 is 5.91 Å². The molecule has 0 bridgehead atoms. The number of likely N-dealkylation sites (tertiary alicyclic amines) is 1. The van der Waals surface area contributed by atoms with E-state index in [1.807, 2.05) is 30.9 Å². The van der Waals surface area contributed by atoms with Crippen LogP contribution in [0.4, 0.5) is 0 Å². The molecule has 1 aliphatic carbocycles. The number of carbonyl (C=O) groups is 1. The van der Waals surface area contributed by atoms with Gasteiger partial charge in [-0.3, -0.25) is 9.78 Å². The van der Waals surface area contributed by atoms with E-state index in [9.17, 15) is 9.90 Å². The number of hydrogen-bond donors (Lipinski definition) is 1. The van der Waals surface area contributed by atoms with Gasteiger partial charge in [0.05, 0.1) is 18.1 Å². The summed E-state index contributed by atoms with van der Waals surface area (Å²) >= 11 is 0. The van der Waals surface area contributed by atoms with Gasteiger partial charge < -0.3 is 14.7 Å². The second kappa shape index (κ2) is 6.57. The van der Waals surface area contributed by atoms with Crippen molar-refractivity contribution in [2.45, 2.75) is 51.2 Å². The molecular formula is C18H26N2O3. The van der Waals surface area contributed by atoms with Crippen LogP contribution in [0, 0.1) is 5.41 Å². The minimum absolute atomic E-state index is 0.135. The molecule has 5 heteroatoms. The van der Waals surface area contributed by atoms with Crippen molar-refractivity contribution in [2.75, 3.05) is 19.7 Å². The first-order valence-corrected chi connectivity index (χ1v) is 8.57. The highest BCUT2D eigenvalue weighted by atomic mass is 16.5. The number of hydrogen-bond acceptors (Lipinski definition) is 4. The number of aromatic nitrogens is 1. The topological polar surface area (TPSA) is 62.7 Å². The molecule has 2 heterocycles. The summed E-state index contributed by atoms with van der Waals surface area (Å²) in [5.74, 6) is -0.0265. The van der Waals surface area contributed by atoms with Gasteiger partial charge in [0, 0.05) is 43.9 Å². The van der Waals surface area contributed by atoms with E-state index in [4.69, 9.17) is 4.74 Å². The molecule has 5 nitrogen and oxygen atoms in total. The lowest BCUT2D eigenvalue weighted by Crippen LogP contribution is -2.62. The zero-order valence-electron chi connectivity index (χ0n) is 13.9. The van der Waals surface area contributed by atoms with Crippen molar-refractivity contribution in [3.8, 4) is 0 Å². The number of amides is 1. The van der Waals surface area contributed by atoms with E-state index >= 15 is 0 Å². The van der Waals surface area contributed by atoms with Crippen molar-refractivity contribution in [1.82, 2.24) is 9.88 Å². The summed E-state index contributed by atoms with van der Waals surface area (Å²) in [6, 6.07) is 3.81. The summed E-state index contributed by atoms with van der Waals surface area (Å²) in [4.78, 5) is 18.7. The van der Waals surface area contributed by atoms with Gasteiger partial charge in [0.15, 0.2) is 0 Å². The number of carbonyl (C=O) groups excluding carboxylic acids is 1. The number of ether oxygens (including phenoxy) is 1. The summed E-state index contributed by atoms with van der Waals surface area (Å²) in [6.45, 7) is 6.01. The Labute approximate surface area is 137 Å². The smallest absolute Gasteiger partial charge is 0.229 e. The number of aliphatic hydroxyl groups excluding tert-OH is 1. The second-order valence-electron chi connectivity index (χ2n) is 6.76. The third-order valence-corrected chi connectivity index (χ3v) is 5.67. The highest BCUT2D eigenvalue weighted by molar-refractivity contribution is 5.83.